The molecular formula is C16H24N2O3. The summed E-state index contributed by atoms with van der Waals surface area (Å²) in [7, 11) is 0. The van der Waals surface area contributed by atoms with E-state index >= 15 is 0 Å². The van der Waals surface area contributed by atoms with Gasteiger partial charge in [0.2, 0.25) is 5.91 Å². The predicted octanol–water partition coefficient (Wildman–Crippen LogP) is 2.10. The third-order valence-electron chi connectivity index (χ3n) is 2.96. The van der Waals surface area contributed by atoms with Crippen molar-refractivity contribution in [2.45, 2.75) is 45.2 Å². The standard InChI is InChI=1S/C16H24N2O3/c1-16(2,3)17-11-14(19)18-13(9-10-15(20)21)12-7-5-4-6-8-12/h4-8,13,17H,9-11H2,1-3H3,(H,18,19)(H,20,21). The van der Waals surface area contributed by atoms with Crippen molar-refractivity contribution in [2.75, 3.05) is 6.54 Å². The molecule has 1 atom stereocenters. The highest BCUT2D eigenvalue weighted by molar-refractivity contribution is 5.78. The highest BCUT2D eigenvalue weighted by atomic mass is 16.4. The zero-order valence-corrected chi connectivity index (χ0v) is 12.8. The Morgan fingerprint density at radius 1 is 1.19 bits per heavy atom. The van der Waals surface area contributed by atoms with Crippen LogP contribution in [0.5, 0.6) is 0 Å². The van der Waals surface area contributed by atoms with E-state index in [9.17, 15) is 9.59 Å². The molecule has 116 valence electrons. The number of carboxylic acids is 1. The third kappa shape index (κ3) is 7.46. The fourth-order valence-electron chi connectivity index (χ4n) is 1.87. The van der Waals surface area contributed by atoms with Crippen molar-refractivity contribution >= 4 is 11.9 Å². The van der Waals surface area contributed by atoms with Crippen molar-refractivity contribution in [1.82, 2.24) is 10.6 Å². The van der Waals surface area contributed by atoms with Gasteiger partial charge in [-0.25, -0.2) is 0 Å². The highest BCUT2D eigenvalue weighted by Gasteiger charge is 2.17. The highest BCUT2D eigenvalue weighted by Crippen LogP contribution is 2.18. The van der Waals surface area contributed by atoms with Crippen LogP contribution < -0.4 is 10.6 Å². The Bertz CT molecular complexity index is 466. The van der Waals surface area contributed by atoms with E-state index in [1.807, 2.05) is 51.1 Å². The van der Waals surface area contributed by atoms with Crippen LogP contribution in [0.1, 0.15) is 45.2 Å². The summed E-state index contributed by atoms with van der Waals surface area (Å²) in [5, 5.41) is 14.8. The molecule has 5 heteroatoms. The van der Waals surface area contributed by atoms with Crippen LogP contribution in [0.2, 0.25) is 0 Å². The molecule has 0 radical (unpaired) electrons. The van der Waals surface area contributed by atoms with Gasteiger partial charge in [-0.05, 0) is 32.8 Å². The number of benzene rings is 1. The number of nitrogens with one attached hydrogen (secondary N) is 2. The molecule has 0 fully saturated rings. The second-order valence-corrected chi connectivity index (χ2v) is 6.07. The van der Waals surface area contributed by atoms with Gasteiger partial charge in [-0.15, -0.1) is 0 Å². The van der Waals surface area contributed by atoms with Gasteiger partial charge in [0.25, 0.3) is 0 Å². The number of carboxylic acid groups (broad SMARTS) is 1. The van der Waals surface area contributed by atoms with E-state index in [4.69, 9.17) is 5.11 Å². The Labute approximate surface area is 125 Å². The largest absolute Gasteiger partial charge is 0.481 e. The SMILES string of the molecule is CC(C)(C)NCC(=O)NC(CCC(=O)O)c1ccccc1. The van der Waals surface area contributed by atoms with Crippen LogP contribution in [0.3, 0.4) is 0 Å². The van der Waals surface area contributed by atoms with E-state index < -0.39 is 5.97 Å². The van der Waals surface area contributed by atoms with Gasteiger partial charge < -0.3 is 15.7 Å². The lowest BCUT2D eigenvalue weighted by Gasteiger charge is -2.23. The Hall–Kier alpha value is -1.88. The lowest BCUT2D eigenvalue weighted by molar-refractivity contribution is -0.137. The van der Waals surface area contributed by atoms with Gasteiger partial charge in [-0.2, -0.15) is 0 Å². The first kappa shape index (κ1) is 17.2. The molecule has 1 aromatic rings. The number of rotatable bonds is 7. The molecule has 0 aromatic heterocycles. The van der Waals surface area contributed by atoms with Crippen molar-refractivity contribution < 1.29 is 14.7 Å². The molecule has 0 aliphatic heterocycles. The van der Waals surface area contributed by atoms with Gasteiger partial charge in [-0.3, -0.25) is 9.59 Å². The predicted molar refractivity (Wildman–Crippen MR) is 82.0 cm³/mol. The van der Waals surface area contributed by atoms with Crippen molar-refractivity contribution in [3.8, 4) is 0 Å². The van der Waals surface area contributed by atoms with Crippen LogP contribution in [-0.4, -0.2) is 29.1 Å². The lowest BCUT2D eigenvalue weighted by Crippen LogP contribution is -2.44. The average molecular weight is 292 g/mol. The molecule has 0 bridgehead atoms. The molecular weight excluding hydrogens is 268 g/mol. The van der Waals surface area contributed by atoms with Crippen LogP contribution in [0.25, 0.3) is 0 Å². The molecule has 3 N–H and O–H groups in total. The third-order valence-corrected chi connectivity index (χ3v) is 2.96. The maximum Gasteiger partial charge on any atom is 0.303 e. The monoisotopic (exact) mass is 292 g/mol. The number of aliphatic carboxylic acids is 1. The van der Waals surface area contributed by atoms with Crippen molar-refractivity contribution in [3.63, 3.8) is 0 Å². The van der Waals surface area contributed by atoms with Crippen molar-refractivity contribution in [3.05, 3.63) is 35.9 Å². The maximum atomic E-state index is 12.0. The van der Waals surface area contributed by atoms with E-state index in [0.29, 0.717) is 6.42 Å². The maximum absolute atomic E-state index is 12.0. The molecule has 5 nitrogen and oxygen atoms in total. The Kier molecular flexibility index (Phi) is 6.37. The summed E-state index contributed by atoms with van der Waals surface area (Å²) in [6.45, 7) is 6.16. The second-order valence-electron chi connectivity index (χ2n) is 6.07. The number of hydrogen-bond acceptors (Lipinski definition) is 3. The minimum atomic E-state index is -0.863. The van der Waals surface area contributed by atoms with Gasteiger partial charge in [0, 0.05) is 12.0 Å². The Morgan fingerprint density at radius 2 is 1.81 bits per heavy atom. The number of carbonyl (C=O) groups excluding carboxylic acids is 1. The first-order chi connectivity index (χ1) is 9.78. The Morgan fingerprint density at radius 3 is 2.33 bits per heavy atom. The van der Waals surface area contributed by atoms with Crippen LogP contribution in [0.4, 0.5) is 0 Å². The molecule has 0 spiro atoms. The van der Waals surface area contributed by atoms with Gasteiger partial charge in [-0.1, -0.05) is 30.3 Å². The fourth-order valence-corrected chi connectivity index (χ4v) is 1.87. The lowest BCUT2D eigenvalue weighted by atomic mass is 10.0. The molecule has 1 aromatic carbocycles. The molecule has 0 saturated heterocycles. The number of hydrogen-bond donors (Lipinski definition) is 3. The minimum Gasteiger partial charge on any atom is -0.481 e. The van der Waals surface area contributed by atoms with Gasteiger partial charge >= 0.3 is 5.97 Å². The van der Waals surface area contributed by atoms with E-state index in [2.05, 4.69) is 10.6 Å². The molecule has 21 heavy (non-hydrogen) atoms. The van der Waals surface area contributed by atoms with Crippen LogP contribution in [-0.2, 0) is 9.59 Å². The van der Waals surface area contributed by atoms with Crippen LogP contribution in [0.15, 0.2) is 30.3 Å². The van der Waals surface area contributed by atoms with Crippen LogP contribution in [0, 0.1) is 0 Å². The summed E-state index contributed by atoms with van der Waals surface area (Å²) in [6, 6.07) is 9.15. The molecule has 0 aliphatic rings. The summed E-state index contributed by atoms with van der Waals surface area (Å²) < 4.78 is 0. The first-order valence-corrected chi connectivity index (χ1v) is 7.09. The van der Waals surface area contributed by atoms with Gasteiger partial charge in [0.1, 0.15) is 0 Å². The quantitative estimate of drug-likeness (QED) is 0.719. The summed E-state index contributed by atoms with van der Waals surface area (Å²) >= 11 is 0. The summed E-state index contributed by atoms with van der Waals surface area (Å²) in [5.74, 6) is -0.998. The van der Waals surface area contributed by atoms with Gasteiger partial charge in [0.15, 0.2) is 0 Å². The van der Waals surface area contributed by atoms with E-state index in [1.165, 1.54) is 0 Å². The van der Waals surface area contributed by atoms with Crippen molar-refractivity contribution in [1.29, 1.82) is 0 Å². The number of amides is 1. The van der Waals surface area contributed by atoms with Gasteiger partial charge in [0.05, 0.1) is 12.6 Å². The number of carbonyl (C=O) groups is 2. The average Bonchev–Trinajstić information content (AvgIpc) is 2.41. The minimum absolute atomic E-state index is 0.0204. The first-order valence-electron chi connectivity index (χ1n) is 7.09. The normalized spacial score (nSPS) is 12.7. The molecule has 0 saturated carbocycles. The molecule has 1 unspecified atom stereocenters. The van der Waals surface area contributed by atoms with Crippen molar-refractivity contribution in [2.24, 2.45) is 0 Å². The zero-order chi connectivity index (χ0) is 15.9. The van der Waals surface area contributed by atoms with Crippen LogP contribution >= 0.6 is 0 Å². The zero-order valence-electron chi connectivity index (χ0n) is 12.8. The van der Waals surface area contributed by atoms with E-state index in [1.54, 1.807) is 0 Å². The van der Waals surface area contributed by atoms with E-state index in [0.717, 1.165) is 5.56 Å². The molecule has 0 heterocycles. The summed E-state index contributed by atoms with van der Waals surface area (Å²) in [4.78, 5) is 22.8. The van der Waals surface area contributed by atoms with E-state index in [-0.39, 0.29) is 30.5 Å². The molecule has 1 amide bonds. The smallest absolute Gasteiger partial charge is 0.303 e. The Balaban J connectivity index is 2.64. The fraction of sp³-hybridized carbons (Fsp3) is 0.500. The summed E-state index contributed by atoms with van der Waals surface area (Å²) in [6.07, 6.45) is 0.396. The molecule has 0 aliphatic carbocycles. The molecule has 1 rings (SSSR count). The topological polar surface area (TPSA) is 78.4 Å². The second kappa shape index (κ2) is 7.78. The summed E-state index contributed by atoms with van der Waals surface area (Å²) in [5.41, 5.74) is 0.781.